The number of Topliss-reactive ketones (excluding diaryl/α,β-unsaturated/α-hetero) is 2. The Morgan fingerprint density at radius 3 is 2.35 bits per heavy atom. The van der Waals surface area contributed by atoms with E-state index in [2.05, 4.69) is 30.9 Å². The average molecular weight is 315 g/mol. The number of ketones is 2. The first-order valence-electron chi connectivity index (χ1n) is 8.91. The molecule has 1 saturated heterocycles. The fourth-order valence-electron chi connectivity index (χ4n) is 3.09. The fraction of sp³-hybridized carbons (Fsp3) is 0.600. The molecule has 2 rings (SSSR count). The molecule has 23 heavy (non-hydrogen) atoms. The average Bonchev–Trinajstić information content (AvgIpc) is 2.53. The number of unbranched alkanes of at least 4 members (excludes halogenated alkanes) is 1. The summed E-state index contributed by atoms with van der Waals surface area (Å²) in [4.78, 5) is 25.8. The molecular weight excluding hydrogens is 286 g/mol. The lowest BCUT2D eigenvalue weighted by Gasteiger charge is -2.25. The van der Waals surface area contributed by atoms with Crippen LogP contribution in [0.5, 0.6) is 0 Å². The molecule has 0 spiro atoms. The van der Waals surface area contributed by atoms with E-state index in [0.717, 1.165) is 44.5 Å². The summed E-state index contributed by atoms with van der Waals surface area (Å²) in [6.07, 6.45) is 5.04. The van der Waals surface area contributed by atoms with E-state index in [1.54, 1.807) is 0 Å². The van der Waals surface area contributed by atoms with E-state index in [9.17, 15) is 9.59 Å². The molecule has 1 aliphatic rings. The van der Waals surface area contributed by atoms with Crippen molar-refractivity contribution in [3.63, 3.8) is 0 Å². The number of hydrogen-bond donors (Lipinski definition) is 0. The van der Waals surface area contributed by atoms with Crippen LogP contribution in [0.3, 0.4) is 0 Å². The first kappa shape index (κ1) is 17.9. The molecule has 0 aliphatic carbocycles. The van der Waals surface area contributed by atoms with Crippen molar-refractivity contribution in [1.82, 2.24) is 4.90 Å². The van der Waals surface area contributed by atoms with Gasteiger partial charge in [-0.3, -0.25) is 9.59 Å². The van der Waals surface area contributed by atoms with E-state index < -0.39 is 0 Å². The zero-order chi connectivity index (χ0) is 16.7. The van der Waals surface area contributed by atoms with Gasteiger partial charge in [-0.05, 0) is 37.3 Å². The van der Waals surface area contributed by atoms with Crippen LogP contribution < -0.4 is 0 Å². The molecule has 0 radical (unpaired) electrons. The van der Waals surface area contributed by atoms with E-state index in [-0.39, 0.29) is 5.78 Å². The Balaban J connectivity index is 1.67. The van der Waals surface area contributed by atoms with Crippen molar-refractivity contribution < 1.29 is 9.59 Å². The number of nitrogens with zero attached hydrogens (tertiary/aromatic N) is 1. The highest BCUT2D eigenvalue weighted by atomic mass is 16.1. The van der Waals surface area contributed by atoms with E-state index in [1.165, 1.54) is 5.56 Å². The van der Waals surface area contributed by atoms with Crippen molar-refractivity contribution >= 4 is 11.6 Å². The Kier molecular flexibility index (Phi) is 6.97. The van der Waals surface area contributed by atoms with Crippen molar-refractivity contribution in [1.29, 1.82) is 0 Å². The molecule has 0 unspecified atom stereocenters. The predicted octanol–water partition coefficient (Wildman–Crippen LogP) is 3.90. The summed E-state index contributed by atoms with van der Waals surface area (Å²) in [6, 6.07) is 8.10. The maximum absolute atomic E-state index is 12.2. The van der Waals surface area contributed by atoms with Crippen molar-refractivity contribution in [2.75, 3.05) is 19.6 Å². The summed E-state index contributed by atoms with van der Waals surface area (Å²) in [5, 5.41) is 0. The van der Waals surface area contributed by atoms with E-state index in [0.29, 0.717) is 31.0 Å². The summed E-state index contributed by atoms with van der Waals surface area (Å²) < 4.78 is 0. The second-order valence-corrected chi connectivity index (χ2v) is 7.06. The molecule has 0 amide bonds. The van der Waals surface area contributed by atoms with Crippen molar-refractivity contribution in [2.24, 2.45) is 5.92 Å². The normalized spacial score (nSPS) is 16.0. The third-order valence-electron chi connectivity index (χ3n) is 4.46. The third kappa shape index (κ3) is 6.26. The van der Waals surface area contributed by atoms with Crippen LogP contribution in [-0.4, -0.2) is 36.1 Å². The van der Waals surface area contributed by atoms with Gasteiger partial charge >= 0.3 is 0 Å². The summed E-state index contributed by atoms with van der Waals surface area (Å²) in [5.41, 5.74) is 2.14. The lowest BCUT2D eigenvalue weighted by atomic mass is 9.99. The van der Waals surface area contributed by atoms with Crippen LogP contribution >= 0.6 is 0 Å². The first-order valence-corrected chi connectivity index (χ1v) is 8.91. The zero-order valence-electron chi connectivity index (χ0n) is 14.5. The molecule has 1 aliphatic heterocycles. The number of carbonyl (C=O) groups excluding carboxylic acids is 2. The van der Waals surface area contributed by atoms with Gasteiger partial charge in [-0.15, -0.1) is 0 Å². The van der Waals surface area contributed by atoms with Gasteiger partial charge in [0.15, 0.2) is 5.78 Å². The van der Waals surface area contributed by atoms with E-state index in [1.807, 2.05) is 12.1 Å². The molecule has 0 saturated carbocycles. The molecule has 1 heterocycles. The highest BCUT2D eigenvalue weighted by molar-refractivity contribution is 5.96. The van der Waals surface area contributed by atoms with Gasteiger partial charge in [0, 0.05) is 37.9 Å². The Morgan fingerprint density at radius 1 is 1.09 bits per heavy atom. The standard InChI is InChI=1S/C20H29NO2/c1-16(2)15-17-6-8-18(9-7-17)20(23)5-3-4-12-21-13-10-19(22)11-14-21/h6-9,16H,3-5,10-15H2,1-2H3. The van der Waals surface area contributed by atoms with E-state index in [4.69, 9.17) is 0 Å². The number of hydrogen-bond acceptors (Lipinski definition) is 3. The molecule has 0 aromatic heterocycles. The summed E-state index contributed by atoms with van der Waals surface area (Å²) in [5.74, 6) is 1.27. The number of benzene rings is 1. The monoisotopic (exact) mass is 315 g/mol. The summed E-state index contributed by atoms with van der Waals surface area (Å²) in [7, 11) is 0. The summed E-state index contributed by atoms with van der Waals surface area (Å²) >= 11 is 0. The molecule has 1 aromatic rings. The van der Waals surface area contributed by atoms with Crippen LogP contribution in [-0.2, 0) is 11.2 Å². The maximum Gasteiger partial charge on any atom is 0.162 e. The minimum atomic E-state index is 0.245. The Bertz CT molecular complexity index is 509. The highest BCUT2D eigenvalue weighted by Gasteiger charge is 2.15. The molecular formula is C20H29NO2. The van der Waals surface area contributed by atoms with Gasteiger partial charge in [0.25, 0.3) is 0 Å². The summed E-state index contributed by atoms with van der Waals surface area (Å²) in [6.45, 7) is 7.21. The number of piperidine rings is 1. The minimum Gasteiger partial charge on any atom is -0.302 e. The molecule has 0 atom stereocenters. The van der Waals surface area contributed by atoms with Crippen LogP contribution in [0.25, 0.3) is 0 Å². The SMILES string of the molecule is CC(C)Cc1ccc(C(=O)CCCCN2CCC(=O)CC2)cc1. The lowest BCUT2D eigenvalue weighted by Crippen LogP contribution is -2.34. The second kappa shape index (κ2) is 8.97. The largest absolute Gasteiger partial charge is 0.302 e. The number of rotatable bonds is 8. The fourth-order valence-corrected chi connectivity index (χ4v) is 3.09. The Labute approximate surface area is 140 Å². The quantitative estimate of drug-likeness (QED) is 0.539. The van der Waals surface area contributed by atoms with Crippen LogP contribution in [0.15, 0.2) is 24.3 Å². The smallest absolute Gasteiger partial charge is 0.162 e. The Hall–Kier alpha value is -1.48. The van der Waals surface area contributed by atoms with Gasteiger partial charge in [0.05, 0.1) is 0 Å². The second-order valence-electron chi connectivity index (χ2n) is 7.06. The maximum atomic E-state index is 12.2. The van der Waals surface area contributed by atoms with Crippen molar-refractivity contribution in [3.8, 4) is 0 Å². The molecule has 0 N–H and O–H groups in total. The van der Waals surface area contributed by atoms with Crippen LogP contribution in [0.4, 0.5) is 0 Å². The van der Waals surface area contributed by atoms with Gasteiger partial charge in [-0.1, -0.05) is 38.1 Å². The van der Waals surface area contributed by atoms with Crippen molar-refractivity contribution in [3.05, 3.63) is 35.4 Å². The topological polar surface area (TPSA) is 37.4 Å². The third-order valence-corrected chi connectivity index (χ3v) is 4.46. The van der Waals surface area contributed by atoms with Gasteiger partial charge in [0.2, 0.25) is 0 Å². The molecule has 3 nitrogen and oxygen atoms in total. The molecule has 3 heteroatoms. The van der Waals surface area contributed by atoms with Gasteiger partial charge in [0.1, 0.15) is 5.78 Å². The van der Waals surface area contributed by atoms with Crippen LogP contribution in [0, 0.1) is 5.92 Å². The van der Waals surface area contributed by atoms with Gasteiger partial charge in [-0.25, -0.2) is 0 Å². The minimum absolute atomic E-state index is 0.245. The molecule has 0 bridgehead atoms. The molecule has 1 fully saturated rings. The first-order chi connectivity index (χ1) is 11.0. The van der Waals surface area contributed by atoms with Crippen LogP contribution in [0.2, 0.25) is 0 Å². The Morgan fingerprint density at radius 2 is 1.74 bits per heavy atom. The van der Waals surface area contributed by atoms with Gasteiger partial charge < -0.3 is 4.90 Å². The number of carbonyl (C=O) groups is 2. The predicted molar refractivity (Wildman–Crippen MR) is 93.8 cm³/mol. The van der Waals surface area contributed by atoms with Crippen LogP contribution in [0.1, 0.15) is 61.9 Å². The highest BCUT2D eigenvalue weighted by Crippen LogP contribution is 2.13. The lowest BCUT2D eigenvalue weighted by molar-refractivity contribution is -0.121. The molecule has 1 aromatic carbocycles. The van der Waals surface area contributed by atoms with E-state index >= 15 is 0 Å². The van der Waals surface area contributed by atoms with Gasteiger partial charge in [-0.2, -0.15) is 0 Å². The van der Waals surface area contributed by atoms with Crippen molar-refractivity contribution in [2.45, 2.75) is 52.4 Å². The number of likely N-dealkylation sites (tertiary alicyclic amines) is 1. The zero-order valence-corrected chi connectivity index (χ0v) is 14.5. The molecule has 126 valence electrons.